The molecule has 2 amide bonds. The summed E-state index contributed by atoms with van der Waals surface area (Å²) in [7, 11) is 3.44. The fraction of sp³-hybridized carbons (Fsp3) is 0.389. The second-order valence-corrected chi connectivity index (χ2v) is 7.21. The highest BCUT2D eigenvalue weighted by Gasteiger charge is 2.24. The first kappa shape index (κ1) is 20.6. The summed E-state index contributed by atoms with van der Waals surface area (Å²) in [5.74, 6) is -0.687. The van der Waals surface area contributed by atoms with E-state index in [1.807, 2.05) is 6.20 Å². The maximum absolute atomic E-state index is 12.8. The van der Waals surface area contributed by atoms with Crippen molar-refractivity contribution in [1.82, 2.24) is 34.7 Å². The molecule has 11 heteroatoms. The molecule has 0 aliphatic heterocycles. The van der Waals surface area contributed by atoms with Crippen LogP contribution in [0.2, 0.25) is 5.02 Å². The third-order valence-electron chi connectivity index (χ3n) is 4.61. The largest absolute Gasteiger partial charge is 0.346 e. The molecular weight excluding hydrogens is 396 g/mol. The summed E-state index contributed by atoms with van der Waals surface area (Å²) in [6.45, 7) is 5.60. The third-order valence-corrected chi connectivity index (χ3v) is 5.15. The molecule has 0 saturated carbocycles. The molecule has 0 aliphatic carbocycles. The molecular formula is C18H23ClN8O2. The van der Waals surface area contributed by atoms with Crippen LogP contribution >= 0.6 is 11.6 Å². The Bertz CT molecular complexity index is 1060. The number of aromatic nitrogens is 6. The molecule has 0 fully saturated rings. The van der Waals surface area contributed by atoms with Crippen LogP contribution in [-0.2, 0) is 25.4 Å². The van der Waals surface area contributed by atoms with Crippen molar-refractivity contribution in [1.29, 1.82) is 0 Å². The molecule has 3 heterocycles. The van der Waals surface area contributed by atoms with Crippen LogP contribution in [-0.4, -0.2) is 41.2 Å². The monoisotopic (exact) mass is 418 g/mol. The molecule has 0 aromatic carbocycles. The summed E-state index contributed by atoms with van der Waals surface area (Å²) in [6.07, 6.45) is 4.93. The number of halogens is 1. The summed E-state index contributed by atoms with van der Waals surface area (Å²) < 4.78 is 4.63. The van der Waals surface area contributed by atoms with Gasteiger partial charge in [0.15, 0.2) is 0 Å². The average Bonchev–Trinajstić information content (AvgIpc) is 3.33. The number of hydrogen-bond donors (Lipinski definition) is 2. The van der Waals surface area contributed by atoms with Gasteiger partial charge in [-0.25, -0.2) is 0 Å². The molecule has 29 heavy (non-hydrogen) atoms. The number of carbonyl (C=O) groups excluding carboxylic acids is 2. The lowest BCUT2D eigenvalue weighted by atomic mass is 10.2. The van der Waals surface area contributed by atoms with E-state index in [1.54, 1.807) is 50.4 Å². The second-order valence-electron chi connectivity index (χ2n) is 6.83. The highest BCUT2D eigenvalue weighted by molar-refractivity contribution is 6.31. The standard InChI is InChI=1S/C18H23ClN8O2/c1-10-15(19)11(2)27(24-10)12(3)17(28)23-14-8-22-26(5)16(14)18(29)20-6-13-7-21-25(4)9-13/h7-9,12H,6H2,1-5H3,(H,20,29)(H,23,28). The summed E-state index contributed by atoms with van der Waals surface area (Å²) in [5, 5.41) is 18.6. The van der Waals surface area contributed by atoms with Crippen LogP contribution in [0.15, 0.2) is 18.6 Å². The Morgan fingerprint density at radius 3 is 2.52 bits per heavy atom. The van der Waals surface area contributed by atoms with Crippen molar-refractivity contribution in [3.05, 3.63) is 46.3 Å². The zero-order chi connectivity index (χ0) is 21.3. The van der Waals surface area contributed by atoms with Gasteiger partial charge in [-0.1, -0.05) is 11.6 Å². The van der Waals surface area contributed by atoms with Crippen LogP contribution < -0.4 is 10.6 Å². The van der Waals surface area contributed by atoms with Crippen molar-refractivity contribution in [2.75, 3.05) is 5.32 Å². The van der Waals surface area contributed by atoms with Crippen molar-refractivity contribution in [3.63, 3.8) is 0 Å². The molecule has 0 saturated heterocycles. The number of rotatable bonds is 6. The first-order chi connectivity index (χ1) is 13.7. The normalized spacial score (nSPS) is 12.1. The number of nitrogens with zero attached hydrogens (tertiary/aromatic N) is 6. The number of anilines is 1. The molecule has 3 rings (SSSR count). The van der Waals surface area contributed by atoms with E-state index in [4.69, 9.17) is 11.6 Å². The zero-order valence-corrected chi connectivity index (χ0v) is 17.7. The molecule has 154 valence electrons. The summed E-state index contributed by atoms with van der Waals surface area (Å²) >= 11 is 6.18. The van der Waals surface area contributed by atoms with Gasteiger partial charge in [0.25, 0.3) is 5.91 Å². The van der Waals surface area contributed by atoms with Gasteiger partial charge in [0.2, 0.25) is 5.91 Å². The van der Waals surface area contributed by atoms with Crippen LogP contribution in [0.4, 0.5) is 5.69 Å². The fourth-order valence-corrected chi connectivity index (χ4v) is 3.12. The Labute approximate surface area is 172 Å². The van der Waals surface area contributed by atoms with E-state index in [0.29, 0.717) is 28.6 Å². The van der Waals surface area contributed by atoms with E-state index < -0.39 is 6.04 Å². The van der Waals surface area contributed by atoms with Gasteiger partial charge in [0.1, 0.15) is 11.7 Å². The summed E-state index contributed by atoms with van der Waals surface area (Å²) in [5.41, 5.74) is 2.79. The minimum atomic E-state index is -0.618. The van der Waals surface area contributed by atoms with Gasteiger partial charge < -0.3 is 10.6 Å². The third kappa shape index (κ3) is 4.16. The lowest BCUT2D eigenvalue weighted by molar-refractivity contribution is -0.119. The molecule has 2 N–H and O–H groups in total. The quantitative estimate of drug-likeness (QED) is 0.633. The molecule has 3 aromatic rings. The first-order valence-corrected chi connectivity index (χ1v) is 9.36. The molecule has 3 aromatic heterocycles. The van der Waals surface area contributed by atoms with Crippen molar-refractivity contribution < 1.29 is 9.59 Å². The van der Waals surface area contributed by atoms with Crippen molar-refractivity contribution in [3.8, 4) is 0 Å². The zero-order valence-electron chi connectivity index (χ0n) is 16.9. The summed E-state index contributed by atoms with van der Waals surface area (Å²) in [6, 6.07) is -0.618. The first-order valence-electron chi connectivity index (χ1n) is 8.98. The van der Waals surface area contributed by atoms with E-state index in [9.17, 15) is 9.59 Å². The number of nitrogens with one attached hydrogen (secondary N) is 2. The predicted molar refractivity (Wildman–Crippen MR) is 108 cm³/mol. The molecule has 0 spiro atoms. The Morgan fingerprint density at radius 2 is 1.93 bits per heavy atom. The van der Waals surface area contributed by atoms with Gasteiger partial charge in [-0.15, -0.1) is 0 Å². The van der Waals surface area contributed by atoms with Crippen molar-refractivity contribution >= 4 is 29.1 Å². The SMILES string of the molecule is Cc1nn(C(C)C(=O)Nc2cnn(C)c2C(=O)NCc2cnn(C)c2)c(C)c1Cl. The lowest BCUT2D eigenvalue weighted by Crippen LogP contribution is -2.29. The highest BCUT2D eigenvalue weighted by Crippen LogP contribution is 2.23. The smallest absolute Gasteiger partial charge is 0.271 e. The maximum Gasteiger partial charge on any atom is 0.271 e. The van der Waals surface area contributed by atoms with E-state index in [0.717, 1.165) is 5.56 Å². The minimum Gasteiger partial charge on any atom is -0.346 e. The molecule has 0 bridgehead atoms. The maximum atomic E-state index is 12.8. The van der Waals surface area contributed by atoms with Gasteiger partial charge in [0, 0.05) is 32.4 Å². The number of amides is 2. The van der Waals surface area contributed by atoms with Gasteiger partial charge in [0.05, 0.1) is 34.5 Å². The molecule has 0 aliphatic rings. The van der Waals surface area contributed by atoms with E-state index >= 15 is 0 Å². The molecule has 0 radical (unpaired) electrons. The van der Waals surface area contributed by atoms with Crippen LogP contribution in [0.3, 0.4) is 0 Å². The van der Waals surface area contributed by atoms with Crippen molar-refractivity contribution in [2.24, 2.45) is 14.1 Å². The van der Waals surface area contributed by atoms with E-state index in [-0.39, 0.29) is 17.5 Å². The Morgan fingerprint density at radius 1 is 1.21 bits per heavy atom. The molecule has 1 unspecified atom stereocenters. The molecule has 1 atom stereocenters. The van der Waals surface area contributed by atoms with Crippen LogP contribution in [0, 0.1) is 13.8 Å². The van der Waals surface area contributed by atoms with Crippen LogP contribution in [0.5, 0.6) is 0 Å². The van der Waals surface area contributed by atoms with E-state index in [1.165, 1.54) is 10.9 Å². The Balaban J connectivity index is 1.73. The van der Waals surface area contributed by atoms with Gasteiger partial charge in [-0.05, 0) is 20.8 Å². The fourth-order valence-electron chi connectivity index (χ4n) is 3.00. The van der Waals surface area contributed by atoms with Gasteiger partial charge in [-0.2, -0.15) is 15.3 Å². The topological polar surface area (TPSA) is 112 Å². The lowest BCUT2D eigenvalue weighted by Gasteiger charge is -2.15. The predicted octanol–water partition coefficient (Wildman–Crippen LogP) is 1.75. The highest BCUT2D eigenvalue weighted by atomic mass is 35.5. The van der Waals surface area contributed by atoms with Crippen LogP contribution in [0.25, 0.3) is 0 Å². The van der Waals surface area contributed by atoms with E-state index in [2.05, 4.69) is 25.9 Å². The number of carbonyl (C=O) groups is 2. The summed E-state index contributed by atoms with van der Waals surface area (Å²) in [4.78, 5) is 25.4. The van der Waals surface area contributed by atoms with Gasteiger partial charge >= 0.3 is 0 Å². The number of hydrogen-bond acceptors (Lipinski definition) is 5. The van der Waals surface area contributed by atoms with Crippen molar-refractivity contribution in [2.45, 2.75) is 33.4 Å². The number of aryl methyl sites for hydroxylation is 3. The van der Waals surface area contributed by atoms with Gasteiger partial charge in [-0.3, -0.25) is 23.6 Å². The average molecular weight is 419 g/mol. The Hall–Kier alpha value is -3.14. The second kappa shape index (κ2) is 8.08. The van der Waals surface area contributed by atoms with Crippen LogP contribution in [0.1, 0.15) is 40.4 Å². The Kier molecular flexibility index (Phi) is 5.73. The minimum absolute atomic E-state index is 0.251. The molecule has 10 nitrogen and oxygen atoms in total.